The molecule has 0 saturated carbocycles. The van der Waals surface area contributed by atoms with E-state index < -0.39 is 0 Å². The first-order valence-electron chi connectivity index (χ1n) is 9.63. The van der Waals surface area contributed by atoms with Gasteiger partial charge in [-0.1, -0.05) is 6.07 Å². The second-order valence-electron chi connectivity index (χ2n) is 6.94. The van der Waals surface area contributed by atoms with Gasteiger partial charge in [0.15, 0.2) is 11.7 Å². The lowest BCUT2D eigenvalue weighted by atomic mass is 10.3. The van der Waals surface area contributed by atoms with Crippen molar-refractivity contribution in [3.8, 4) is 0 Å². The molecule has 3 rings (SSSR count). The fraction of sp³-hybridized carbons (Fsp3) is 0.450. The van der Waals surface area contributed by atoms with Crippen LogP contribution in [0.5, 0.6) is 0 Å². The molecule has 0 aliphatic carbocycles. The number of carbonyl (C=O) groups is 2. The average molecular weight is 418 g/mol. The molecule has 0 bridgehead atoms. The lowest BCUT2D eigenvalue weighted by molar-refractivity contribution is -0.127. The van der Waals surface area contributed by atoms with Crippen LogP contribution in [-0.2, 0) is 11.2 Å². The predicted molar refractivity (Wildman–Crippen MR) is 113 cm³/mol. The molecular weight excluding hydrogens is 390 g/mol. The Morgan fingerprint density at radius 3 is 2.55 bits per heavy atom. The molecule has 0 unspecified atom stereocenters. The Morgan fingerprint density at radius 2 is 1.93 bits per heavy atom. The van der Waals surface area contributed by atoms with E-state index in [1.54, 1.807) is 42.5 Å². The van der Waals surface area contributed by atoms with E-state index in [2.05, 4.69) is 26.7 Å². The number of piperazine rings is 1. The molecule has 156 valence electrons. The van der Waals surface area contributed by atoms with Crippen molar-refractivity contribution in [2.75, 3.05) is 53.4 Å². The van der Waals surface area contributed by atoms with Crippen molar-refractivity contribution in [2.45, 2.75) is 6.42 Å². The summed E-state index contributed by atoms with van der Waals surface area (Å²) in [5.41, 5.74) is 0. The Hall–Kier alpha value is -2.81. The number of amides is 2. The lowest BCUT2D eigenvalue weighted by Gasteiger charge is -2.36. The summed E-state index contributed by atoms with van der Waals surface area (Å²) < 4.78 is 5.22. The van der Waals surface area contributed by atoms with Crippen LogP contribution in [0.1, 0.15) is 15.4 Å². The zero-order valence-corrected chi connectivity index (χ0v) is 17.7. The minimum atomic E-state index is -0.0958. The first-order valence-corrected chi connectivity index (χ1v) is 10.5. The van der Waals surface area contributed by atoms with E-state index in [1.165, 1.54) is 16.0 Å². The summed E-state index contributed by atoms with van der Waals surface area (Å²) >= 11 is 1.73. The van der Waals surface area contributed by atoms with Gasteiger partial charge in [-0.15, -0.1) is 11.3 Å². The summed E-state index contributed by atoms with van der Waals surface area (Å²) in [5, 5.41) is 5.45. The Bertz CT molecular complexity index is 809. The van der Waals surface area contributed by atoms with Gasteiger partial charge in [0, 0.05) is 51.7 Å². The number of hydrogen-bond donors (Lipinski definition) is 1. The van der Waals surface area contributed by atoms with Crippen LogP contribution in [0, 0.1) is 0 Å². The molecule has 1 saturated heterocycles. The van der Waals surface area contributed by atoms with Gasteiger partial charge in [-0.2, -0.15) is 0 Å². The molecule has 8 nitrogen and oxygen atoms in total. The van der Waals surface area contributed by atoms with Crippen LogP contribution in [-0.4, -0.2) is 85.8 Å². The van der Waals surface area contributed by atoms with Crippen molar-refractivity contribution in [3.63, 3.8) is 0 Å². The molecule has 0 spiro atoms. The highest BCUT2D eigenvalue weighted by Crippen LogP contribution is 2.11. The van der Waals surface area contributed by atoms with Crippen LogP contribution in [0.2, 0.25) is 0 Å². The zero-order chi connectivity index (χ0) is 20.6. The van der Waals surface area contributed by atoms with Gasteiger partial charge in [0.1, 0.15) is 6.54 Å². The van der Waals surface area contributed by atoms with Crippen LogP contribution < -0.4 is 5.32 Å². The van der Waals surface area contributed by atoms with Crippen molar-refractivity contribution in [2.24, 2.45) is 4.99 Å². The second kappa shape index (κ2) is 10.1. The molecule has 29 heavy (non-hydrogen) atoms. The van der Waals surface area contributed by atoms with E-state index in [0.29, 0.717) is 37.9 Å². The van der Waals surface area contributed by atoms with Crippen molar-refractivity contribution >= 4 is 29.1 Å². The standard InChI is InChI=1S/C20H27N5O3S/c1-23(2)18(26)15-22-20(21-8-7-16-5-4-14-29-16)25-11-9-24(10-12-25)19(27)17-6-3-13-28-17/h3-6,13-14H,7-12,15H2,1-2H3,(H,21,22). The minimum Gasteiger partial charge on any atom is -0.459 e. The number of rotatable bonds is 6. The smallest absolute Gasteiger partial charge is 0.289 e. The third-order valence-corrected chi connectivity index (χ3v) is 5.63. The number of thiophene rings is 1. The number of aliphatic imine (C=N–C) groups is 1. The predicted octanol–water partition coefficient (Wildman–Crippen LogP) is 1.38. The molecule has 0 atom stereocenters. The van der Waals surface area contributed by atoms with Crippen LogP contribution in [0.15, 0.2) is 45.3 Å². The first kappa shape index (κ1) is 20.9. The Labute approximate surface area is 174 Å². The van der Waals surface area contributed by atoms with Crippen molar-refractivity contribution in [3.05, 3.63) is 46.5 Å². The fourth-order valence-electron chi connectivity index (χ4n) is 2.98. The third kappa shape index (κ3) is 5.83. The molecule has 2 aromatic heterocycles. The number of nitrogens with zero attached hydrogens (tertiary/aromatic N) is 4. The molecule has 9 heteroatoms. The topological polar surface area (TPSA) is 81.4 Å². The summed E-state index contributed by atoms with van der Waals surface area (Å²) in [7, 11) is 3.45. The van der Waals surface area contributed by atoms with Gasteiger partial charge < -0.3 is 24.4 Å². The molecule has 1 aliphatic rings. The highest BCUT2D eigenvalue weighted by atomic mass is 32.1. The zero-order valence-electron chi connectivity index (χ0n) is 16.8. The number of hydrogen-bond acceptors (Lipinski definition) is 5. The summed E-state index contributed by atoms with van der Waals surface area (Å²) in [6, 6.07) is 7.55. The Balaban J connectivity index is 1.58. The Kier molecular flexibility index (Phi) is 7.29. The van der Waals surface area contributed by atoms with E-state index in [-0.39, 0.29) is 18.4 Å². The third-order valence-electron chi connectivity index (χ3n) is 4.70. The molecule has 2 aromatic rings. The van der Waals surface area contributed by atoms with Gasteiger partial charge in [-0.3, -0.25) is 9.59 Å². The summed E-state index contributed by atoms with van der Waals surface area (Å²) in [6.07, 6.45) is 2.41. The van der Waals surface area contributed by atoms with Crippen LogP contribution in [0.3, 0.4) is 0 Å². The molecule has 0 aromatic carbocycles. The van der Waals surface area contributed by atoms with Crippen molar-refractivity contribution in [1.29, 1.82) is 0 Å². The first-order chi connectivity index (χ1) is 14.0. The average Bonchev–Trinajstić information content (AvgIpc) is 3.44. The Morgan fingerprint density at radius 1 is 1.17 bits per heavy atom. The maximum Gasteiger partial charge on any atom is 0.289 e. The van der Waals surface area contributed by atoms with E-state index in [1.807, 2.05) is 6.07 Å². The largest absolute Gasteiger partial charge is 0.459 e. The van der Waals surface area contributed by atoms with Gasteiger partial charge >= 0.3 is 0 Å². The number of nitrogens with one attached hydrogen (secondary N) is 1. The fourth-order valence-corrected chi connectivity index (χ4v) is 3.69. The molecule has 1 N–H and O–H groups in total. The van der Waals surface area contributed by atoms with Gasteiger partial charge in [0.25, 0.3) is 5.91 Å². The van der Waals surface area contributed by atoms with E-state index in [4.69, 9.17) is 4.42 Å². The van der Waals surface area contributed by atoms with E-state index in [9.17, 15) is 9.59 Å². The monoisotopic (exact) mass is 417 g/mol. The van der Waals surface area contributed by atoms with Gasteiger partial charge in [-0.05, 0) is 30.0 Å². The van der Waals surface area contributed by atoms with Crippen molar-refractivity contribution in [1.82, 2.24) is 20.0 Å². The number of likely N-dealkylation sites (N-methyl/N-ethyl adjacent to an activating group) is 1. The molecule has 2 amide bonds. The van der Waals surface area contributed by atoms with Gasteiger partial charge in [0.05, 0.1) is 6.26 Å². The SMILES string of the molecule is CN(C)C(=O)CN=C(NCCc1cccs1)N1CCN(C(=O)c2ccco2)CC1. The molecule has 3 heterocycles. The van der Waals surface area contributed by atoms with E-state index >= 15 is 0 Å². The highest BCUT2D eigenvalue weighted by molar-refractivity contribution is 7.09. The summed E-state index contributed by atoms with van der Waals surface area (Å²) in [4.78, 5) is 35.7. The van der Waals surface area contributed by atoms with Gasteiger partial charge in [-0.25, -0.2) is 4.99 Å². The van der Waals surface area contributed by atoms with Crippen molar-refractivity contribution < 1.29 is 14.0 Å². The maximum atomic E-state index is 12.4. The minimum absolute atomic E-state index is 0.0470. The molecule has 1 aliphatic heterocycles. The normalized spacial score (nSPS) is 14.8. The van der Waals surface area contributed by atoms with E-state index in [0.717, 1.165) is 13.0 Å². The van der Waals surface area contributed by atoms with Crippen LogP contribution in [0.25, 0.3) is 0 Å². The molecule has 1 fully saturated rings. The highest BCUT2D eigenvalue weighted by Gasteiger charge is 2.25. The summed E-state index contributed by atoms with van der Waals surface area (Å²) in [5.74, 6) is 0.926. The molecular formula is C20H27N5O3S. The second-order valence-corrected chi connectivity index (χ2v) is 7.97. The lowest BCUT2D eigenvalue weighted by Crippen LogP contribution is -2.54. The summed E-state index contributed by atoms with van der Waals surface area (Å²) in [6.45, 7) is 3.28. The van der Waals surface area contributed by atoms with Crippen LogP contribution in [0.4, 0.5) is 0 Å². The number of guanidine groups is 1. The van der Waals surface area contributed by atoms with Crippen LogP contribution >= 0.6 is 11.3 Å². The van der Waals surface area contributed by atoms with Gasteiger partial charge in [0.2, 0.25) is 5.91 Å². The maximum absolute atomic E-state index is 12.4. The molecule has 0 radical (unpaired) electrons. The quantitative estimate of drug-likeness (QED) is 0.567. The number of carbonyl (C=O) groups excluding carboxylic acids is 2. The number of furan rings is 1.